The first kappa shape index (κ1) is 118. The minimum absolute atomic E-state index is 0.00716. The van der Waals surface area contributed by atoms with Crippen LogP contribution in [-0.4, -0.2) is 146 Å². The first-order valence-corrected chi connectivity index (χ1v) is 46.2. The molecule has 15 aromatic rings. The zero-order chi connectivity index (χ0) is 106. The van der Waals surface area contributed by atoms with Crippen molar-refractivity contribution in [3.8, 4) is 107 Å². The molecule has 23 nitrogen and oxygen atoms in total. The van der Waals surface area contributed by atoms with E-state index in [4.69, 9.17) is 106 Å². The average Bonchev–Trinajstić information content (AvgIpc) is 0.813. The summed E-state index contributed by atoms with van der Waals surface area (Å²) in [6.45, 7) is 0. The molecule has 0 aliphatic carbocycles. The summed E-state index contributed by atoms with van der Waals surface area (Å²) in [6, 6.07) is 84.1. The van der Waals surface area contributed by atoms with Crippen molar-refractivity contribution in [3.05, 3.63) is 408 Å². The number of hydrogen-bond donors (Lipinski definition) is 9. The molecule has 0 aromatic heterocycles. The molecule has 0 heterocycles. The number of phenolic OH excluding ortho intramolecular Hbond substituents is 4. The van der Waals surface area contributed by atoms with Crippen LogP contribution >= 0.6 is 94.2 Å². The zero-order valence-electron chi connectivity index (χ0n) is 74.8. The molecule has 0 aliphatic heterocycles. The second kappa shape index (κ2) is 59.7. The number of methoxy groups -OCH3 is 4. The molecule has 0 saturated carbocycles. The molecule has 9 N–H and O–H groups in total. The van der Waals surface area contributed by atoms with Gasteiger partial charge in [0.15, 0.2) is 24.6 Å². The summed E-state index contributed by atoms with van der Waals surface area (Å²) in [5.74, 6) is 0.819. The SMILES string of the molecule is COc1ccc(-c2ccc(C=O)c(F)c2)cc1.COc1ccc(-c2ccc(C=O)cc2Cl)cc1.COc1ccc(B(O)O)cc1.COc1ccc(B(O)O)cc1.O/N=C/c1ccc(-c2ccc(O)cc2)cc1F.O=Cc1ccc(-c2ccc(O)cc2)cc1F.O=Cc1ccc(Br)cc1F.O=Cc1ccc(O)c(Cl)c1.O=Cc1ccc(OS(=O)(=O)C(F)(F)F)c(Cl)c1.Oc1ccc(-c2ccc(C(Br)Br)cc2Cl)cc1. The number of hydrogen-bond acceptors (Lipinski definition) is 23. The maximum absolute atomic E-state index is 13.6. The van der Waals surface area contributed by atoms with Gasteiger partial charge < -0.3 is 68.9 Å². The van der Waals surface area contributed by atoms with Crippen molar-refractivity contribution in [1.82, 2.24) is 0 Å². The molecule has 40 heteroatoms. The molecule has 0 amide bonds. The molecule has 0 fully saturated rings. The predicted octanol–water partition coefficient (Wildman–Crippen LogP) is 24.0. The quantitative estimate of drug-likeness (QED) is 0.00371. The maximum Gasteiger partial charge on any atom is 0.534 e. The van der Waals surface area contributed by atoms with E-state index in [1.54, 1.807) is 162 Å². The Bertz CT molecular complexity index is 6800. The summed E-state index contributed by atoms with van der Waals surface area (Å²) in [4.78, 5) is 62.1. The molecule has 0 unspecified atom stereocenters. The molecule has 0 bridgehead atoms. The van der Waals surface area contributed by atoms with Gasteiger partial charge in [0.05, 0.1) is 65.1 Å². The van der Waals surface area contributed by atoms with E-state index >= 15 is 0 Å². The van der Waals surface area contributed by atoms with E-state index in [-0.39, 0.29) is 59.6 Å². The highest BCUT2D eigenvalue weighted by Gasteiger charge is 2.49. The lowest BCUT2D eigenvalue weighted by Crippen LogP contribution is -2.29. The zero-order valence-corrected chi connectivity index (χ0v) is 83.4. The Hall–Kier alpha value is -14.0. The predicted molar refractivity (Wildman–Crippen MR) is 550 cm³/mol. The lowest BCUT2D eigenvalue weighted by atomic mass is 9.80. The highest BCUT2D eigenvalue weighted by Crippen LogP contribution is 2.38. The summed E-state index contributed by atoms with van der Waals surface area (Å²) < 4.78 is 135. The largest absolute Gasteiger partial charge is 0.534 e. The van der Waals surface area contributed by atoms with E-state index in [1.807, 2.05) is 72.8 Å². The van der Waals surface area contributed by atoms with Crippen LogP contribution in [0.25, 0.3) is 55.6 Å². The summed E-state index contributed by atoms with van der Waals surface area (Å²) in [5, 5.41) is 83.4. The number of rotatable bonds is 21. The number of carbonyl (C=O) groups excluding carboxylic acids is 6. The van der Waals surface area contributed by atoms with Crippen LogP contribution in [0, 0.1) is 23.3 Å². The number of halogens is 14. The standard InChI is InChI=1S/C14H11ClO2.C14H11FO2.C13H9Br2ClO.C13H10FNO2.C13H9FO2.C8H4ClF3O4S.2C7H9BO3.C7H4BrFO.C7H5ClO2/c1-17-12-5-3-11(4-6-12)13-7-2-10(9-16)8-14(13)15;1-17-13-6-4-10(5-7-13)11-2-3-12(9-16)14(15)8-11;14-13(15)9-3-6-11(12(16)7-9)8-1-4-10(17)5-2-8;14-13-7-10(1-2-11(13)8-15-17)9-3-5-12(16)6-4-9;14-13-7-10(1-2-11(13)8-15)9-3-5-12(16)6-4-9;9-6-3-5(4-13)1-2-7(6)16-17(14,15)8(10,11)12;2*1-11-7-4-2-6(3-5-7)8(9)10;8-6-2-1-5(4-10)7(9)3-6;8-6-3-5(4-9)1-2-7(6)10/h2*2-9H,1H3;1-7,13,17H;1-8,16-17H;1-8,16H;1-4H;2*2-5,9-10H,1H3;1-4H;1-4,10H/b;;;15-8+;;;;;;. The summed E-state index contributed by atoms with van der Waals surface area (Å²) in [7, 11) is -2.23. The van der Waals surface area contributed by atoms with Crippen molar-refractivity contribution in [1.29, 1.82) is 0 Å². The van der Waals surface area contributed by atoms with E-state index in [2.05, 4.69) is 57.1 Å². The second-order valence-electron chi connectivity index (χ2n) is 28.4. The first-order valence-electron chi connectivity index (χ1n) is 40.7. The van der Waals surface area contributed by atoms with Crippen LogP contribution in [0.15, 0.2) is 325 Å². The number of phenols is 4. The Morgan fingerprint density at radius 1 is 0.350 bits per heavy atom. The summed E-state index contributed by atoms with van der Waals surface area (Å²) >= 11 is 33.2. The fourth-order valence-corrected chi connectivity index (χ4v) is 13.7. The van der Waals surface area contributed by atoms with Crippen molar-refractivity contribution in [2.24, 2.45) is 5.16 Å². The third kappa shape index (κ3) is 38.8. The fraction of sp³-hybridized carbons (Fsp3) is 0.0583. The Balaban J connectivity index is 0.000000245. The normalized spacial score (nSPS) is 10.3. The topological polar surface area (TPSA) is 377 Å². The Kier molecular flexibility index (Phi) is 49.1. The van der Waals surface area contributed by atoms with E-state index in [0.29, 0.717) is 90.6 Å². The molecule has 0 saturated heterocycles. The molecule has 0 aliphatic rings. The van der Waals surface area contributed by atoms with Gasteiger partial charge in [0.2, 0.25) is 0 Å². The fourth-order valence-electron chi connectivity index (χ4n) is 11.3. The molecule has 15 aromatic carbocycles. The van der Waals surface area contributed by atoms with Gasteiger partial charge in [0, 0.05) is 47.9 Å². The lowest BCUT2D eigenvalue weighted by molar-refractivity contribution is -0.0500. The van der Waals surface area contributed by atoms with Crippen molar-refractivity contribution in [2.75, 3.05) is 28.4 Å². The highest BCUT2D eigenvalue weighted by molar-refractivity contribution is 9.24. The number of alkyl halides is 5. The molecular weight excluding hydrogens is 2170 g/mol. The summed E-state index contributed by atoms with van der Waals surface area (Å²) in [5.41, 5.74) is 6.38. The van der Waals surface area contributed by atoms with E-state index in [9.17, 15) is 73.0 Å². The van der Waals surface area contributed by atoms with Gasteiger partial charge in [-0.25, -0.2) is 17.6 Å². The molecule has 143 heavy (non-hydrogen) atoms. The van der Waals surface area contributed by atoms with E-state index in [0.717, 1.165) is 92.3 Å². The van der Waals surface area contributed by atoms with Crippen molar-refractivity contribution in [3.63, 3.8) is 0 Å². The van der Waals surface area contributed by atoms with Crippen LogP contribution in [0.3, 0.4) is 0 Å². The third-order valence-electron chi connectivity index (χ3n) is 18.8. The van der Waals surface area contributed by atoms with Crippen LogP contribution in [0.5, 0.6) is 51.7 Å². The van der Waals surface area contributed by atoms with Gasteiger partial charge in [-0.05, 0) is 249 Å². The van der Waals surface area contributed by atoms with Gasteiger partial charge in [0.1, 0.15) is 88.1 Å². The molecule has 0 atom stereocenters. The van der Waals surface area contributed by atoms with Gasteiger partial charge >= 0.3 is 29.9 Å². The van der Waals surface area contributed by atoms with Crippen LogP contribution in [-0.2, 0) is 10.1 Å². The average molecular weight is 2250 g/mol. The van der Waals surface area contributed by atoms with Gasteiger partial charge in [-0.2, -0.15) is 21.6 Å². The Morgan fingerprint density at radius 3 is 0.958 bits per heavy atom. The number of ether oxygens (including phenoxy) is 4. The summed E-state index contributed by atoms with van der Waals surface area (Å²) in [6.07, 6.45) is 4.36. The lowest BCUT2D eigenvalue weighted by Gasteiger charge is -2.10. The number of carbonyl (C=O) groups is 6. The number of aromatic hydroxyl groups is 4. The van der Waals surface area contributed by atoms with Crippen molar-refractivity contribution < 1.29 is 137 Å². The minimum Gasteiger partial charge on any atom is -0.508 e. The van der Waals surface area contributed by atoms with Gasteiger partial charge in [-0.3, -0.25) is 28.8 Å². The highest BCUT2D eigenvalue weighted by atomic mass is 79.9. The first-order chi connectivity index (χ1) is 68.1. The minimum atomic E-state index is -5.77. The van der Waals surface area contributed by atoms with Gasteiger partial charge in [-0.1, -0.05) is 227 Å². The molecule has 740 valence electrons. The van der Waals surface area contributed by atoms with Gasteiger partial charge in [0.25, 0.3) is 0 Å². The number of oxime groups is 1. The molecule has 15 rings (SSSR count). The Labute approximate surface area is 861 Å². The molecule has 0 spiro atoms. The maximum atomic E-state index is 13.6. The van der Waals surface area contributed by atoms with Crippen LogP contribution in [0.4, 0.5) is 30.7 Å². The van der Waals surface area contributed by atoms with Crippen LogP contribution in [0.1, 0.15) is 77.0 Å². The smallest absolute Gasteiger partial charge is 0.508 e. The van der Waals surface area contributed by atoms with E-state index in [1.165, 1.54) is 91.0 Å². The number of benzene rings is 15. The number of nitrogens with zero attached hydrogens (tertiary/aromatic N) is 1. The molecular formula is C103H81B2Br3Cl4F7NO22S. The third-order valence-corrected chi connectivity index (χ3v) is 22.6. The van der Waals surface area contributed by atoms with Gasteiger partial charge in [-0.15, -0.1) is 0 Å². The number of aldehydes is 6. The van der Waals surface area contributed by atoms with Crippen LogP contribution < -0.4 is 34.1 Å². The Morgan fingerprint density at radius 2 is 0.650 bits per heavy atom. The molecule has 0 radical (unpaired) electrons. The van der Waals surface area contributed by atoms with Crippen LogP contribution in [0.2, 0.25) is 20.1 Å². The van der Waals surface area contributed by atoms with Crippen molar-refractivity contribution >= 4 is 173 Å². The monoisotopic (exact) mass is 2250 g/mol. The van der Waals surface area contributed by atoms with E-state index < -0.39 is 63.9 Å². The second-order valence-corrected chi connectivity index (χ2v) is 35.5. The van der Waals surface area contributed by atoms with Crippen molar-refractivity contribution in [2.45, 2.75) is 9.24 Å².